The maximum Gasteiger partial charge on any atom is 0.358 e. The second kappa shape index (κ2) is 5.42. The van der Waals surface area contributed by atoms with Crippen molar-refractivity contribution in [1.29, 1.82) is 0 Å². The summed E-state index contributed by atoms with van der Waals surface area (Å²) in [6.07, 6.45) is 1.26. The lowest BCUT2D eigenvalue weighted by atomic mass is 10.3. The monoisotopic (exact) mass is 268 g/mol. The highest BCUT2D eigenvalue weighted by Gasteiger charge is 2.08. The molecule has 0 radical (unpaired) electrons. The SMILES string of the molecule is O=C(O)c1cn(CCNc2cc(F)ccc2F)nn1. The summed E-state index contributed by atoms with van der Waals surface area (Å²) in [7, 11) is 0. The van der Waals surface area contributed by atoms with E-state index in [-0.39, 0.29) is 24.5 Å². The molecule has 2 rings (SSSR count). The van der Waals surface area contributed by atoms with Crippen molar-refractivity contribution in [1.82, 2.24) is 15.0 Å². The molecular formula is C11H10F2N4O2. The number of carboxylic acid groups (broad SMARTS) is 1. The molecule has 6 nitrogen and oxygen atoms in total. The van der Waals surface area contributed by atoms with Crippen LogP contribution in [0.25, 0.3) is 0 Å². The molecule has 0 bridgehead atoms. The molecule has 0 spiro atoms. The molecule has 0 unspecified atom stereocenters. The smallest absolute Gasteiger partial charge is 0.358 e. The first kappa shape index (κ1) is 12.9. The fourth-order valence-corrected chi connectivity index (χ4v) is 1.44. The second-order valence-corrected chi connectivity index (χ2v) is 3.72. The third-order valence-corrected chi connectivity index (χ3v) is 2.34. The Morgan fingerprint density at radius 3 is 2.89 bits per heavy atom. The van der Waals surface area contributed by atoms with E-state index >= 15 is 0 Å². The Kier molecular flexibility index (Phi) is 3.69. The minimum atomic E-state index is -1.17. The van der Waals surface area contributed by atoms with E-state index in [2.05, 4.69) is 15.6 Å². The molecule has 0 amide bonds. The van der Waals surface area contributed by atoms with Crippen LogP contribution in [0.4, 0.5) is 14.5 Å². The van der Waals surface area contributed by atoms with Gasteiger partial charge in [-0.25, -0.2) is 18.3 Å². The predicted molar refractivity (Wildman–Crippen MR) is 61.8 cm³/mol. The van der Waals surface area contributed by atoms with Gasteiger partial charge in [0.1, 0.15) is 11.6 Å². The van der Waals surface area contributed by atoms with Crippen LogP contribution in [-0.2, 0) is 6.54 Å². The zero-order chi connectivity index (χ0) is 13.8. The van der Waals surface area contributed by atoms with Gasteiger partial charge in [-0.2, -0.15) is 0 Å². The van der Waals surface area contributed by atoms with Gasteiger partial charge in [0.15, 0.2) is 5.69 Å². The molecule has 0 atom stereocenters. The van der Waals surface area contributed by atoms with Crippen LogP contribution in [0.1, 0.15) is 10.5 Å². The number of nitrogens with zero attached hydrogens (tertiary/aromatic N) is 3. The molecule has 1 aromatic heterocycles. The standard InChI is InChI=1S/C11H10F2N4O2/c12-7-1-2-8(13)9(5-7)14-3-4-17-6-10(11(18)19)15-16-17/h1-2,5-6,14H,3-4H2,(H,18,19). The van der Waals surface area contributed by atoms with Crippen LogP contribution in [-0.4, -0.2) is 32.6 Å². The van der Waals surface area contributed by atoms with E-state index in [9.17, 15) is 13.6 Å². The van der Waals surface area contributed by atoms with Gasteiger partial charge in [-0.3, -0.25) is 0 Å². The van der Waals surface area contributed by atoms with Crippen LogP contribution in [0.15, 0.2) is 24.4 Å². The summed E-state index contributed by atoms with van der Waals surface area (Å²) in [5.41, 5.74) is -0.129. The van der Waals surface area contributed by atoms with E-state index in [1.165, 1.54) is 10.9 Å². The van der Waals surface area contributed by atoms with Crippen LogP contribution < -0.4 is 5.32 Å². The zero-order valence-electron chi connectivity index (χ0n) is 9.68. The first-order valence-electron chi connectivity index (χ1n) is 5.38. The fraction of sp³-hybridized carbons (Fsp3) is 0.182. The minimum absolute atomic E-state index is 0.0403. The van der Waals surface area contributed by atoms with E-state index in [1.54, 1.807) is 0 Å². The highest BCUT2D eigenvalue weighted by molar-refractivity contribution is 5.84. The number of benzene rings is 1. The van der Waals surface area contributed by atoms with Crippen molar-refractivity contribution in [3.8, 4) is 0 Å². The van der Waals surface area contributed by atoms with Gasteiger partial charge in [-0.05, 0) is 18.2 Å². The van der Waals surface area contributed by atoms with Gasteiger partial charge in [0.05, 0.1) is 18.4 Å². The van der Waals surface area contributed by atoms with Gasteiger partial charge in [-0.15, -0.1) is 5.10 Å². The molecular weight excluding hydrogens is 258 g/mol. The van der Waals surface area contributed by atoms with Crippen LogP contribution in [0, 0.1) is 11.6 Å². The Labute approximate surface area is 106 Å². The first-order valence-corrected chi connectivity index (χ1v) is 5.38. The highest BCUT2D eigenvalue weighted by Crippen LogP contribution is 2.14. The van der Waals surface area contributed by atoms with Crippen molar-refractivity contribution in [2.24, 2.45) is 0 Å². The van der Waals surface area contributed by atoms with Crippen LogP contribution >= 0.6 is 0 Å². The molecule has 0 aliphatic heterocycles. The van der Waals surface area contributed by atoms with Crippen LogP contribution in [0.2, 0.25) is 0 Å². The number of carbonyl (C=O) groups is 1. The first-order chi connectivity index (χ1) is 9.06. The zero-order valence-corrected chi connectivity index (χ0v) is 9.68. The molecule has 2 N–H and O–H groups in total. The molecule has 2 aromatic rings. The Morgan fingerprint density at radius 1 is 1.42 bits per heavy atom. The summed E-state index contributed by atoms with van der Waals surface area (Å²) < 4.78 is 27.5. The molecule has 0 saturated heterocycles. The lowest BCUT2D eigenvalue weighted by Gasteiger charge is -2.07. The molecule has 0 aliphatic carbocycles. The van der Waals surface area contributed by atoms with Crippen molar-refractivity contribution >= 4 is 11.7 Å². The van der Waals surface area contributed by atoms with Crippen molar-refractivity contribution in [3.63, 3.8) is 0 Å². The van der Waals surface area contributed by atoms with Crippen molar-refractivity contribution in [2.45, 2.75) is 6.54 Å². The number of nitrogens with one attached hydrogen (secondary N) is 1. The van der Waals surface area contributed by atoms with Crippen LogP contribution in [0.5, 0.6) is 0 Å². The van der Waals surface area contributed by atoms with E-state index in [0.717, 1.165) is 18.2 Å². The topological polar surface area (TPSA) is 80.0 Å². The third kappa shape index (κ3) is 3.24. The Balaban J connectivity index is 1.92. The number of aromatic nitrogens is 3. The number of halogens is 2. The summed E-state index contributed by atoms with van der Waals surface area (Å²) in [4.78, 5) is 10.6. The van der Waals surface area contributed by atoms with Gasteiger partial charge in [-0.1, -0.05) is 5.21 Å². The molecule has 100 valence electrons. The van der Waals surface area contributed by atoms with Gasteiger partial charge in [0.2, 0.25) is 0 Å². The average molecular weight is 268 g/mol. The number of carboxylic acids is 1. The molecule has 0 aliphatic rings. The number of rotatable bonds is 5. The number of hydrogen-bond donors (Lipinski definition) is 2. The lowest BCUT2D eigenvalue weighted by molar-refractivity contribution is 0.0690. The quantitative estimate of drug-likeness (QED) is 0.856. The Bertz CT molecular complexity index is 600. The fourth-order valence-electron chi connectivity index (χ4n) is 1.44. The molecule has 19 heavy (non-hydrogen) atoms. The summed E-state index contributed by atoms with van der Waals surface area (Å²) in [6, 6.07) is 3.09. The summed E-state index contributed by atoms with van der Waals surface area (Å²) in [6.45, 7) is 0.527. The third-order valence-electron chi connectivity index (χ3n) is 2.34. The molecule has 1 aromatic carbocycles. The normalized spacial score (nSPS) is 10.4. The number of hydrogen-bond acceptors (Lipinski definition) is 4. The van der Waals surface area contributed by atoms with Crippen molar-refractivity contribution < 1.29 is 18.7 Å². The van der Waals surface area contributed by atoms with Gasteiger partial charge in [0.25, 0.3) is 0 Å². The predicted octanol–water partition coefficient (Wildman–Crippen LogP) is 1.37. The maximum absolute atomic E-state index is 13.3. The number of anilines is 1. The van der Waals surface area contributed by atoms with Crippen molar-refractivity contribution in [2.75, 3.05) is 11.9 Å². The maximum atomic E-state index is 13.3. The highest BCUT2D eigenvalue weighted by atomic mass is 19.1. The summed E-state index contributed by atoms with van der Waals surface area (Å²) >= 11 is 0. The van der Waals surface area contributed by atoms with Gasteiger partial charge >= 0.3 is 5.97 Å². The average Bonchev–Trinajstić information content (AvgIpc) is 2.82. The second-order valence-electron chi connectivity index (χ2n) is 3.72. The Hall–Kier alpha value is -2.51. The van der Waals surface area contributed by atoms with Gasteiger partial charge in [0, 0.05) is 6.54 Å². The van der Waals surface area contributed by atoms with E-state index in [1.807, 2.05) is 0 Å². The van der Waals surface area contributed by atoms with Gasteiger partial charge < -0.3 is 10.4 Å². The van der Waals surface area contributed by atoms with E-state index in [4.69, 9.17) is 5.11 Å². The molecule has 8 heteroatoms. The summed E-state index contributed by atoms with van der Waals surface area (Å²) in [5.74, 6) is -2.28. The van der Waals surface area contributed by atoms with Crippen molar-refractivity contribution in [3.05, 3.63) is 41.7 Å². The summed E-state index contributed by atoms with van der Waals surface area (Å²) in [5, 5.41) is 18.3. The van der Waals surface area contributed by atoms with E-state index < -0.39 is 17.6 Å². The molecule has 0 fully saturated rings. The molecule has 0 saturated carbocycles. The Morgan fingerprint density at radius 2 is 2.21 bits per heavy atom. The molecule has 1 heterocycles. The van der Waals surface area contributed by atoms with E-state index in [0.29, 0.717) is 0 Å². The lowest BCUT2D eigenvalue weighted by Crippen LogP contribution is -2.12. The largest absolute Gasteiger partial charge is 0.476 e. The minimum Gasteiger partial charge on any atom is -0.476 e. The number of aromatic carboxylic acids is 1. The van der Waals surface area contributed by atoms with Crippen LogP contribution in [0.3, 0.4) is 0 Å².